The third-order valence-electron chi connectivity index (χ3n) is 1.40. The zero-order valence-electron chi connectivity index (χ0n) is 4.86. The molecule has 1 rings (SSSR count). The Balaban J connectivity index is 0.000000490. The van der Waals surface area contributed by atoms with E-state index in [4.69, 9.17) is 0 Å². The van der Waals surface area contributed by atoms with Gasteiger partial charge in [0.05, 0.1) is 0 Å². The largest absolute Gasteiger partial charge is 0.378 e. The third kappa shape index (κ3) is 2.03. The second-order valence-electron chi connectivity index (χ2n) is 1.93. The standard InChI is InChI=1S/C6H11N.Ag/c1-2-7-5-3-4-6-7;/h2H,1,3-6H2;. The molecule has 0 amide bonds. The third-order valence-corrected chi connectivity index (χ3v) is 1.40. The van der Waals surface area contributed by atoms with Gasteiger partial charge in [0.25, 0.3) is 0 Å². The molecule has 0 aliphatic carbocycles. The average Bonchev–Trinajstić information content (AvgIpc) is 2.14. The molecule has 0 N–H and O–H groups in total. The van der Waals surface area contributed by atoms with E-state index in [0.29, 0.717) is 0 Å². The Morgan fingerprint density at radius 2 is 1.75 bits per heavy atom. The second kappa shape index (κ2) is 4.19. The molecular weight excluding hydrogens is 194 g/mol. The fourth-order valence-electron chi connectivity index (χ4n) is 0.924. The van der Waals surface area contributed by atoms with Crippen molar-refractivity contribution >= 4 is 0 Å². The minimum absolute atomic E-state index is 0. The summed E-state index contributed by atoms with van der Waals surface area (Å²) in [6, 6.07) is 0. The molecule has 1 nitrogen and oxygen atoms in total. The molecule has 1 fully saturated rings. The summed E-state index contributed by atoms with van der Waals surface area (Å²) in [7, 11) is 0. The van der Waals surface area contributed by atoms with Gasteiger partial charge in [0.1, 0.15) is 0 Å². The summed E-state index contributed by atoms with van der Waals surface area (Å²) in [5, 5.41) is 0. The molecule has 0 atom stereocenters. The normalized spacial score (nSPS) is 17.8. The number of likely N-dealkylation sites (tertiary alicyclic amines) is 1. The van der Waals surface area contributed by atoms with Crippen LogP contribution >= 0.6 is 0 Å². The van der Waals surface area contributed by atoms with E-state index in [0.717, 1.165) is 0 Å². The predicted molar refractivity (Wildman–Crippen MR) is 31.0 cm³/mol. The molecule has 0 aromatic carbocycles. The molecule has 0 bridgehead atoms. The summed E-state index contributed by atoms with van der Waals surface area (Å²) in [6.45, 7) is 6.12. The topological polar surface area (TPSA) is 3.24 Å². The molecule has 1 saturated heterocycles. The van der Waals surface area contributed by atoms with Crippen LogP contribution in [0.5, 0.6) is 0 Å². The molecule has 0 spiro atoms. The van der Waals surface area contributed by atoms with Crippen molar-refractivity contribution in [2.24, 2.45) is 0 Å². The molecular formula is C6H11AgN. The zero-order valence-corrected chi connectivity index (χ0v) is 6.34. The van der Waals surface area contributed by atoms with Gasteiger partial charge in [-0.2, -0.15) is 0 Å². The van der Waals surface area contributed by atoms with Gasteiger partial charge in [0, 0.05) is 35.5 Å². The summed E-state index contributed by atoms with van der Waals surface area (Å²) in [5.74, 6) is 0. The maximum Gasteiger partial charge on any atom is 0.0172 e. The Morgan fingerprint density at radius 1 is 1.25 bits per heavy atom. The fourth-order valence-corrected chi connectivity index (χ4v) is 0.924. The van der Waals surface area contributed by atoms with Crippen LogP contribution in [0.1, 0.15) is 12.8 Å². The fraction of sp³-hybridized carbons (Fsp3) is 0.667. The van der Waals surface area contributed by atoms with Crippen LogP contribution in [0.25, 0.3) is 0 Å². The first-order chi connectivity index (χ1) is 3.43. The van der Waals surface area contributed by atoms with Gasteiger partial charge >= 0.3 is 0 Å². The van der Waals surface area contributed by atoms with E-state index in [9.17, 15) is 0 Å². The molecule has 0 aromatic rings. The smallest absolute Gasteiger partial charge is 0.0172 e. The van der Waals surface area contributed by atoms with E-state index in [1.807, 2.05) is 6.20 Å². The van der Waals surface area contributed by atoms with Crippen molar-refractivity contribution in [2.75, 3.05) is 13.1 Å². The van der Waals surface area contributed by atoms with Gasteiger partial charge in [-0.15, -0.1) is 0 Å². The first-order valence-electron chi connectivity index (χ1n) is 2.80. The number of hydrogen-bond donors (Lipinski definition) is 0. The molecule has 1 aliphatic heterocycles. The monoisotopic (exact) mass is 204 g/mol. The Morgan fingerprint density at radius 3 is 2.00 bits per heavy atom. The maximum atomic E-state index is 3.67. The van der Waals surface area contributed by atoms with Gasteiger partial charge in [0.2, 0.25) is 0 Å². The molecule has 0 unspecified atom stereocenters. The zero-order chi connectivity index (χ0) is 5.11. The van der Waals surface area contributed by atoms with Gasteiger partial charge in [0.15, 0.2) is 0 Å². The van der Waals surface area contributed by atoms with Crippen molar-refractivity contribution in [1.29, 1.82) is 0 Å². The Hall–Kier alpha value is 0.280. The molecule has 8 heavy (non-hydrogen) atoms. The van der Waals surface area contributed by atoms with Crippen LogP contribution in [-0.4, -0.2) is 18.0 Å². The summed E-state index contributed by atoms with van der Waals surface area (Å²) < 4.78 is 0. The van der Waals surface area contributed by atoms with Crippen molar-refractivity contribution < 1.29 is 22.4 Å². The Bertz CT molecular complexity index is 66.9. The van der Waals surface area contributed by atoms with Crippen LogP contribution < -0.4 is 0 Å². The van der Waals surface area contributed by atoms with E-state index in [-0.39, 0.29) is 22.4 Å². The summed E-state index contributed by atoms with van der Waals surface area (Å²) in [5.41, 5.74) is 0. The van der Waals surface area contributed by atoms with Crippen LogP contribution in [-0.2, 0) is 22.4 Å². The van der Waals surface area contributed by atoms with Crippen molar-refractivity contribution in [3.05, 3.63) is 12.8 Å². The summed E-state index contributed by atoms with van der Waals surface area (Å²) in [6.07, 6.45) is 4.63. The van der Waals surface area contributed by atoms with Crippen LogP contribution in [0.4, 0.5) is 0 Å². The molecule has 2 heteroatoms. The van der Waals surface area contributed by atoms with Crippen molar-refractivity contribution in [3.8, 4) is 0 Å². The molecule has 0 saturated carbocycles. The van der Waals surface area contributed by atoms with Gasteiger partial charge < -0.3 is 4.90 Å². The number of hydrogen-bond acceptors (Lipinski definition) is 1. The van der Waals surface area contributed by atoms with E-state index in [2.05, 4.69) is 11.5 Å². The van der Waals surface area contributed by atoms with E-state index < -0.39 is 0 Å². The van der Waals surface area contributed by atoms with Crippen LogP contribution in [0, 0.1) is 0 Å². The summed E-state index contributed by atoms with van der Waals surface area (Å²) in [4.78, 5) is 2.25. The van der Waals surface area contributed by atoms with Gasteiger partial charge in [-0.05, 0) is 19.0 Å². The second-order valence-corrected chi connectivity index (χ2v) is 1.93. The van der Waals surface area contributed by atoms with Crippen LogP contribution in [0.3, 0.4) is 0 Å². The minimum Gasteiger partial charge on any atom is -0.378 e. The molecule has 0 aromatic heterocycles. The minimum atomic E-state index is 0. The maximum absolute atomic E-state index is 3.67. The van der Waals surface area contributed by atoms with Gasteiger partial charge in [-0.25, -0.2) is 0 Å². The van der Waals surface area contributed by atoms with E-state index >= 15 is 0 Å². The number of nitrogens with zero attached hydrogens (tertiary/aromatic N) is 1. The predicted octanol–water partition coefficient (Wildman–Crippen LogP) is 1.22. The van der Waals surface area contributed by atoms with Crippen LogP contribution in [0.15, 0.2) is 12.8 Å². The van der Waals surface area contributed by atoms with Gasteiger partial charge in [-0.3, -0.25) is 0 Å². The number of rotatable bonds is 1. The van der Waals surface area contributed by atoms with Crippen LogP contribution in [0.2, 0.25) is 0 Å². The first-order valence-corrected chi connectivity index (χ1v) is 2.80. The Labute approximate surface area is 66.3 Å². The van der Waals surface area contributed by atoms with Crippen molar-refractivity contribution in [2.45, 2.75) is 12.8 Å². The van der Waals surface area contributed by atoms with Crippen molar-refractivity contribution in [1.82, 2.24) is 4.90 Å². The molecule has 1 radical (unpaired) electrons. The SMILES string of the molecule is C=CN1CCCC1.[Ag]. The first kappa shape index (κ1) is 8.28. The quantitative estimate of drug-likeness (QED) is 0.582. The van der Waals surface area contributed by atoms with E-state index in [1.165, 1.54) is 25.9 Å². The van der Waals surface area contributed by atoms with Crippen molar-refractivity contribution in [3.63, 3.8) is 0 Å². The molecule has 1 aliphatic rings. The van der Waals surface area contributed by atoms with Gasteiger partial charge in [-0.1, -0.05) is 6.58 Å². The molecule has 51 valence electrons. The molecule has 1 heterocycles. The van der Waals surface area contributed by atoms with E-state index in [1.54, 1.807) is 0 Å². The summed E-state index contributed by atoms with van der Waals surface area (Å²) >= 11 is 0. The average molecular weight is 205 g/mol. The Kier molecular flexibility index (Phi) is 4.33.